The van der Waals surface area contributed by atoms with E-state index in [9.17, 15) is 0 Å². The third kappa shape index (κ3) is 5.94. The summed E-state index contributed by atoms with van der Waals surface area (Å²) in [6.07, 6.45) is 0.923. The lowest BCUT2D eigenvalue weighted by molar-refractivity contribution is -0.00413. The molecular weight excluding hydrogens is 370 g/mol. The molecule has 0 unspecified atom stereocenters. The summed E-state index contributed by atoms with van der Waals surface area (Å²) >= 11 is 0. The molecule has 0 fully saturated rings. The lowest BCUT2D eigenvalue weighted by Gasteiger charge is -2.37. The van der Waals surface area contributed by atoms with Gasteiger partial charge in [0.15, 0.2) is 0 Å². The van der Waals surface area contributed by atoms with Gasteiger partial charge in [-0.2, -0.15) is 0 Å². The number of likely N-dealkylation sites (N-methyl/N-ethyl adjacent to an activating group) is 1. The van der Waals surface area contributed by atoms with E-state index < -0.39 is 0 Å². The highest BCUT2D eigenvalue weighted by atomic mass is 16.5. The molecule has 0 amide bonds. The molecule has 3 aromatic carbocycles. The Morgan fingerprint density at radius 2 is 1.33 bits per heavy atom. The first-order chi connectivity index (χ1) is 14.5. The molecule has 0 aliphatic rings. The van der Waals surface area contributed by atoms with Gasteiger partial charge in [0, 0.05) is 12.1 Å². The van der Waals surface area contributed by atoms with Gasteiger partial charge in [-0.15, -0.1) is 0 Å². The molecule has 0 bridgehead atoms. The van der Waals surface area contributed by atoms with Gasteiger partial charge >= 0.3 is 0 Å². The lowest BCUT2D eigenvalue weighted by atomic mass is 10.00. The first-order valence-electron chi connectivity index (χ1n) is 10.6. The van der Waals surface area contributed by atoms with Crippen molar-refractivity contribution >= 4 is 0 Å². The van der Waals surface area contributed by atoms with E-state index in [0.717, 1.165) is 18.7 Å². The Hall–Kier alpha value is -2.62. The van der Waals surface area contributed by atoms with Crippen LogP contribution in [0.15, 0.2) is 84.9 Å². The zero-order valence-electron chi connectivity index (χ0n) is 18.5. The number of methoxy groups -OCH3 is 1. The van der Waals surface area contributed by atoms with E-state index in [2.05, 4.69) is 86.5 Å². The van der Waals surface area contributed by atoms with E-state index in [4.69, 9.17) is 9.47 Å². The van der Waals surface area contributed by atoms with Crippen molar-refractivity contribution in [2.75, 3.05) is 27.3 Å². The maximum Gasteiger partial charge on any atom is 0.118 e. The summed E-state index contributed by atoms with van der Waals surface area (Å²) in [6, 6.07) is 29.2. The Kier molecular flexibility index (Phi) is 7.67. The van der Waals surface area contributed by atoms with Gasteiger partial charge in [0.05, 0.1) is 13.7 Å². The Balaban J connectivity index is 1.63. The highest BCUT2D eigenvalue weighted by Crippen LogP contribution is 2.28. The maximum atomic E-state index is 6.52. The number of hydrogen-bond acceptors (Lipinski definition) is 3. The van der Waals surface area contributed by atoms with Crippen LogP contribution in [0.2, 0.25) is 0 Å². The minimum absolute atomic E-state index is 0.0679. The van der Waals surface area contributed by atoms with Gasteiger partial charge in [-0.3, -0.25) is 4.90 Å². The van der Waals surface area contributed by atoms with Crippen LogP contribution in [0.4, 0.5) is 0 Å². The molecule has 0 spiro atoms. The number of benzene rings is 3. The van der Waals surface area contributed by atoms with Crippen molar-refractivity contribution in [1.82, 2.24) is 4.90 Å². The van der Waals surface area contributed by atoms with Crippen LogP contribution in [0.25, 0.3) is 0 Å². The molecule has 0 aromatic heterocycles. The molecule has 0 heterocycles. The average Bonchev–Trinajstić information content (AvgIpc) is 2.79. The average molecular weight is 404 g/mol. The fraction of sp³-hybridized carbons (Fsp3) is 0.333. The third-order valence-corrected chi connectivity index (χ3v) is 5.74. The van der Waals surface area contributed by atoms with Gasteiger partial charge in [0.25, 0.3) is 0 Å². The van der Waals surface area contributed by atoms with Crippen molar-refractivity contribution < 1.29 is 9.47 Å². The fourth-order valence-corrected chi connectivity index (χ4v) is 3.43. The summed E-state index contributed by atoms with van der Waals surface area (Å²) in [4.78, 5) is 2.38. The van der Waals surface area contributed by atoms with Crippen molar-refractivity contribution in [2.24, 2.45) is 0 Å². The van der Waals surface area contributed by atoms with E-state index in [1.807, 2.05) is 24.3 Å². The SMILES string of the molecule is COc1ccc(CCN(C)C(C)(C)COC(c2ccccc2)c2ccccc2)cc1. The zero-order chi connectivity index (χ0) is 21.4. The van der Waals surface area contributed by atoms with Crippen LogP contribution in [-0.2, 0) is 11.2 Å². The molecule has 30 heavy (non-hydrogen) atoms. The summed E-state index contributed by atoms with van der Waals surface area (Å²) in [6.45, 7) is 6.09. The molecular formula is C27H33NO2. The normalized spacial score (nSPS) is 11.8. The number of ether oxygens (including phenoxy) is 2. The van der Waals surface area contributed by atoms with E-state index in [1.54, 1.807) is 7.11 Å². The summed E-state index contributed by atoms with van der Waals surface area (Å²) in [5.74, 6) is 0.897. The summed E-state index contributed by atoms with van der Waals surface area (Å²) in [5, 5.41) is 0. The van der Waals surface area contributed by atoms with Crippen LogP contribution in [0, 0.1) is 0 Å². The van der Waals surface area contributed by atoms with Crippen LogP contribution in [-0.4, -0.2) is 37.7 Å². The number of rotatable bonds is 10. The smallest absolute Gasteiger partial charge is 0.118 e. The predicted molar refractivity (Wildman–Crippen MR) is 124 cm³/mol. The molecule has 0 N–H and O–H groups in total. The second-order valence-electron chi connectivity index (χ2n) is 8.34. The fourth-order valence-electron chi connectivity index (χ4n) is 3.43. The van der Waals surface area contributed by atoms with Gasteiger partial charge in [-0.05, 0) is 56.1 Å². The van der Waals surface area contributed by atoms with Gasteiger partial charge < -0.3 is 9.47 Å². The van der Waals surface area contributed by atoms with Crippen molar-refractivity contribution in [3.05, 3.63) is 102 Å². The molecule has 3 aromatic rings. The first-order valence-corrected chi connectivity index (χ1v) is 10.6. The quantitative estimate of drug-likeness (QED) is 0.430. The summed E-state index contributed by atoms with van der Waals surface area (Å²) in [7, 11) is 3.87. The third-order valence-electron chi connectivity index (χ3n) is 5.74. The summed E-state index contributed by atoms with van der Waals surface area (Å²) in [5.41, 5.74) is 3.58. The van der Waals surface area contributed by atoms with Crippen LogP contribution >= 0.6 is 0 Å². The number of nitrogens with zero attached hydrogens (tertiary/aromatic N) is 1. The zero-order valence-corrected chi connectivity index (χ0v) is 18.5. The van der Waals surface area contributed by atoms with E-state index in [0.29, 0.717) is 6.61 Å². The first kappa shape index (κ1) is 22.1. The Bertz CT molecular complexity index is 836. The minimum Gasteiger partial charge on any atom is -0.497 e. The van der Waals surface area contributed by atoms with Crippen molar-refractivity contribution in [3.63, 3.8) is 0 Å². The van der Waals surface area contributed by atoms with Crippen molar-refractivity contribution in [3.8, 4) is 5.75 Å². The molecule has 158 valence electrons. The van der Waals surface area contributed by atoms with Gasteiger partial charge in [0.1, 0.15) is 11.9 Å². The van der Waals surface area contributed by atoms with Crippen LogP contribution in [0.3, 0.4) is 0 Å². The molecule has 0 radical (unpaired) electrons. The molecule has 0 atom stereocenters. The molecule has 0 aliphatic carbocycles. The standard InChI is InChI=1S/C27H33NO2/c1-27(2,28(3)20-19-22-15-17-25(29-4)18-16-22)21-30-26(23-11-7-5-8-12-23)24-13-9-6-10-14-24/h5-18,26H,19-21H2,1-4H3. The summed E-state index contributed by atoms with van der Waals surface area (Å²) < 4.78 is 11.8. The van der Waals surface area contributed by atoms with E-state index >= 15 is 0 Å². The number of hydrogen-bond donors (Lipinski definition) is 0. The second-order valence-corrected chi connectivity index (χ2v) is 8.34. The van der Waals surface area contributed by atoms with Crippen LogP contribution < -0.4 is 4.74 Å². The largest absolute Gasteiger partial charge is 0.497 e. The minimum atomic E-state index is -0.0890. The molecule has 0 aliphatic heterocycles. The lowest BCUT2D eigenvalue weighted by Crippen LogP contribution is -2.46. The second kappa shape index (κ2) is 10.4. The Morgan fingerprint density at radius 1 is 0.800 bits per heavy atom. The van der Waals surface area contributed by atoms with Crippen LogP contribution in [0.5, 0.6) is 5.75 Å². The van der Waals surface area contributed by atoms with Gasteiger partial charge in [0.2, 0.25) is 0 Å². The van der Waals surface area contributed by atoms with Gasteiger partial charge in [-0.1, -0.05) is 72.8 Å². The molecule has 3 nitrogen and oxygen atoms in total. The van der Waals surface area contributed by atoms with Crippen molar-refractivity contribution in [2.45, 2.75) is 31.9 Å². The Morgan fingerprint density at radius 3 is 1.83 bits per heavy atom. The van der Waals surface area contributed by atoms with E-state index in [-0.39, 0.29) is 11.6 Å². The molecule has 0 saturated carbocycles. The highest BCUT2D eigenvalue weighted by Gasteiger charge is 2.26. The van der Waals surface area contributed by atoms with E-state index in [1.165, 1.54) is 16.7 Å². The predicted octanol–water partition coefficient (Wildman–Crippen LogP) is 5.75. The molecule has 3 heteroatoms. The monoisotopic (exact) mass is 403 g/mol. The van der Waals surface area contributed by atoms with Crippen molar-refractivity contribution in [1.29, 1.82) is 0 Å². The topological polar surface area (TPSA) is 21.7 Å². The van der Waals surface area contributed by atoms with Gasteiger partial charge in [-0.25, -0.2) is 0 Å². The maximum absolute atomic E-state index is 6.52. The van der Waals surface area contributed by atoms with Crippen LogP contribution in [0.1, 0.15) is 36.6 Å². The highest BCUT2D eigenvalue weighted by molar-refractivity contribution is 5.30. The molecule has 3 rings (SSSR count). The Labute approximate surface area is 181 Å². The molecule has 0 saturated heterocycles.